The molecule has 3 rings (SSSR count). The zero-order valence-corrected chi connectivity index (χ0v) is 18.2. The minimum absolute atomic E-state index is 0.000660. The summed E-state index contributed by atoms with van der Waals surface area (Å²) in [5, 5.41) is 0.471. The van der Waals surface area contributed by atoms with Gasteiger partial charge in [0.2, 0.25) is 0 Å². The number of halogens is 2. The number of fused-ring (bicyclic) bond motifs is 1. The smallest absolute Gasteiger partial charge is 0.276 e. The first-order valence-electron chi connectivity index (χ1n) is 9.23. The second-order valence-corrected chi connectivity index (χ2v) is 6.98. The topological polar surface area (TPSA) is 142 Å². The Hall–Kier alpha value is -3.14. The molecule has 3 aromatic rings. The largest absolute Gasteiger partial charge is 0.492 e. The molecule has 5 N–H and O–H groups in total. The van der Waals surface area contributed by atoms with E-state index in [2.05, 4.69) is 15.4 Å². The molecule has 0 bridgehead atoms. The number of para-hydroxylation sites is 1. The first-order valence-corrected chi connectivity index (χ1v) is 9.99. The molecule has 11 heteroatoms. The van der Waals surface area contributed by atoms with Gasteiger partial charge >= 0.3 is 0 Å². The van der Waals surface area contributed by atoms with E-state index in [4.69, 9.17) is 44.2 Å². The van der Waals surface area contributed by atoms with Crippen molar-refractivity contribution in [1.82, 2.24) is 15.4 Å². The SMILES string of the molecule is CCONC(=O)c1cc(OCC)c(Cl)c(-c2nc(N)c3cccc(C(N)=O)c3n2)c1Cl. The number of hydrogen-bond donors (Lipinski definition) is 3. The number of hydrogen-bond acceptors (Lipinski definition) is 7. The summed E-state index contributed by atoms with van der Waals surface area (Å²) in [4.78, 5) is 38.1. The summed E-state index contributed by atoms with van der Waals surface area (Å²) < 4.78 is 5.56. The summed E-state index contributed by atoms with van der Waals surface area (Å²) in [6.45, 7) is 4.00. The van der Waals surface area contributed by atoms with Gasteiger partial charge in [0, 0.05) is 5.39 Å². The number of primary amides is 1. The van der Waals surface area contributed by atoms with Crippen LogP contribution in [0.15, 0.2) is 24.3 Å². The number of carbonyl (C=O) groups excluding carboxylic acids is 2. The summed E-state index contributed by atoms with van der Waals surface area (Å²) in [7, 11) is 0. The normalized spacial score (nSPS) is 10.8. The van der Waals surface area contributed by atoms with E-state index in [1.165, 1.54) is 12.1 Å². The number of hydroxylamine groups is 1. The molecule has 9 nitrogen and oxygen atoms in total. The maximum atomic E-state index is 12.6. The number of carbonyl (C=O) groups is 2. The monoisotopic (exact) mass is 463 g/mol. The van der Waals surface area contributed by atoms with Crippen LogP contribution in [0.4, 0.5) is 5.82 Å². The third-order valence-corrected chi connectivity index (χ3v) is 5.03. The van der Waals surface area contributed by atoms with Crippen LogP contribution in [0.3, 0.4) is 0 Å². The maximum absolute atomic E-state index is 12.6. The van der Waals surface area contributed by atoms with E-state index in [0.29, 0.717) is 5.39 Å². The van der Waals surface area contributed by atoms with Crippen molar-refractivity contribution in [2.24, 2.45) is 5.73 Å². The third kappa shape index (κ3) is 4.34. The van der Waals surface area contributed by atoms with Crippen LogP contribution in [0.2, 0.25) is 10.0 Å². The lowest BCUT2D eigenvalue weighted by atomic mass is 10.1. The van der Waals surface area contributed by atoms with E-state index < -0.39 is 11.8 Å². The predicted molar refractivity (Wildman–Crippen MR) is 118 cm³/mol. The Morgan fingerprint density at radius 2 is 1.84 bits per heavy atom. The molecule has 0 aliphatic carbocycles. The molecule has 0 saturated heterocycles. The lowest BCUT2D eigenvalue weighted by Crippen LogP contribution is -2.24. The highest BCUT2D eigenvalue weighted by Crippen LogP contribution is 2.42. The minimum Gasteiger partial charge on any atom is -0.492 e. The Bertz CT molecular complexity index is 1190. The van der Waals surface area contributed by atoms with Crippen molar-refractivity contribution in [3.05, 3.63) is 45.4 Å². The number of nitrogen functional groups attached to an aromatic ring is 1. The van der Waals surface area contributed by atoms with Gasteiger partial charge in [-0.2, -0.15) is 0 Å². The van der Waals surface area contributed by atoms with Crippen LogP contribution in [0.5, 0.6) is 5.75 Å². The van der Waals surface area contributed by atoms with Crippen molar-refractivity contribution in [1.29, 1.82) is 0 Å². The standard InChI is InChI=1S/C20H19Cl2N5O4/c1-3-30-12-8-11(20(29)27-31-4-2)14(21)13(15(12)22)19-25-16-9(17(23)26-19)6-5-7-10(16)18(24)28/h5-8H,3-4H2,1-2H3,(H2,24,28)(H,27,29)(H2,23,25,26). The summed E-state index contributed by atoms with van der Waals surface area (Å²) in [6.07, 6.45) is 0. The molecule has 0 atom stereocenters. The molecule has 2 aromatic carbocycles. The van der Waals surface area contributed by atoms with Gasteiger partial charge < -0.3 is 16.2 Å². The molecule has 0 aliphatic rings. The third-order valence-electron chi connectivity index (χ3n) is 4.27. The van der Waals surface area contributed by atoms with Crippen molar-refractivity contribution >= 4 is 51.7 Å². The van der Waals surface area contributed by atoms with E-state index >= 15 is 0 Å². The first-order chi connectivity index (χ1) is 14.8. The second-order valence-electron chi connectivity index (χ2n) is 6.22. The van der Waals surface area contributed by atoms with Gasteiger partial charge in [-0.15, -0.1) is 0 Å². The average molecular weight is 464 g/mol. The highest BCUT2D eigenvalue weighted by Gasteiger charge is 2.25. The number of amides is 2. The summed E-state index contributed by atoms with van der Waals surface area (Å²) >= 11 is 13.1. The molecule has 162 valence electrons. The molecule has 0 aliphatic heterocycles. The fourth-order valence-corrected chi connectivity index (χ4v) is 3.57. The van der Waals surface area contributed by atoms with Crippen LogP contribution >= 0.6 is 23.2 Å². The van der Waals surface area contributed by atoms with Crippen LogP contribution in [-0.2, 0) is 4.84 Å². The zero-order valence-electron chi connectivity index (χ0n) is 16.7. The molecule has 31 heavy (non-hydrogen) atoms. The van der Waals surface area contributed by atoms with Gasteiger partial charge in [0.05, 0.1) is 45.5 Å². The van der Waals surface area contributed by atoms with Gasteiger partial charge in [0.15, 0.2) is 5.82 Å². The molecule has 0 fully saturated rings. The van der Waals surface area contributed by atoms with E-state index in [0.717, 1.165) is 0 Å². The molecule has 0 unspecified atom stereocenters. The molecule has 2 amide bonds. The Morgan fingerprint density at radius 1 is 1.10 bits per heavy atom. The fourth-order valence-electron chi connectivity index (χ4n) is 2.91. The lowest BCUT2D eigenvalue weighted by Gasteiger charge is -2.16. The van der Waals surface area contributed by atoms with E-state index in [-0.39, 0.29) is 62.9 Å². The Morgan fingerprint density at radius 3 is 2.48 bits per heavy atom. The van der Waals surface area contributed by atoms with E-state index in [1.807, 2.05) is 0 Å². The van der Waals surface area contributed by atoms with Crippen LogP contribution in [0, 0.1) is 0 Å². The number of ether oxygens (including phenoxy) is 1. The van der Waals surface area contributed by atoms with Gasteiger partial charge in [0.25, 0.3) is 11.8 Å². The molecular formula is C20H19Cl2N5O4. The van der Waals surface area contributed by atoms with Crippen LogP contribution in [0.1, 0.15) is 34.6 Å². The summed E-state index contributed by atoms with van der Waals surface area (Å²) in [6, 6.07) is 6.18. The molecule has 0 spiro atoms. The molecule has 0 radical (unpaired) electrons. The van der Waals surface area contributed by atoms with Crippen molar-refractivity contribution in [3.63, 3.8) is 0 Å². The Balaban J connectivity index is 2.32. The van der Waals surface area contributed by atoms with Crippen molar-refractivity contribution < 1.29 is 19.2 Å². The van der Waals surface area contributed by atoms with Gasteiger partial charge in [-0.1, -0.05) is 29.3 Å². The van der Waals surface area contributed by atoms with Crippen molar-refractivity contribution in [2.75, 3.05) is 18.9 Å². The van der Waals surface area contributed by atoms with Crippen LogP contribution < -0.4 is 21.7 Å². The lowest BCUT2D eigenvalue weighted by molar-refractivity contribution is 0.0364. The van der Waals surface area contributed by atoms with Gasteiger partial charge in [0.1, 0.15) is 11.6 Å². The number of anilines is 1. The number of aromatic nitrogens is 2. The zero-order chi connectivity index (χ0) is 22.7. The number of rotatable bonds is 7. The van der Waals surface area contributed by atoms with Crippen molar-refractivity contribution in [2.45, 2.75) is 13.8 Å². The summed E-state index contributed by atoms with van der Waals surface area (Å²) in [5.74, 6) is -1.03. The van der Waals surface area contributed by atoms with Crippen LogP contribution in [0.25, 0.3) is 22.3 Å². The number of benzene rings is 2. The van der Waals surface area contributed by atoms with Gasteiger partial charge in [-0.05, 0) is 32.0 Å². The Labute approximate surface area is 187 Å². The van der Waals surface area contributed by atoms with E-state index in [9.17, 15) is 9.59 Å². The first kappa shape index (κ1) is 22.5. The maximum Gasteiger partial charge on any atom is 0.276 e. The number of nitrogens with zero attached hydrogens (tertiary/aromatic N) is 2. The van der Waals surface area contributed by atoms with Crippen LogP contribution in [-0.4, -0.2) is 35.0 Å². The predicted octanol–water partition coefficient (Wildman–Crippen LogP) is 3.36. The summed E-state index contributed by atoms with van der Waals surface area (Å²) in [5.41, 5.74) is 14.4. The number of nitrogens with two attached hydrogens (primary N) is 2. The van der Waals surface area contributed by atoms with Gasteiger partial charge in [-0.25, -0.2) is 15.4 Å². The van der Waals surface area contributed by atoms with E-state index in [1.54, 1.807) is 26.0 Å². The minimum atomic E-state index is -0.688. The average Bonchev–Trinajstić information content (AvgIpc) is 2.73. The van der Waals surface area contributed by atoms with Gasteiger partial charge in [-0.3, -0.25) is 14.4 Å². The highest BCUT2D eigenvalue weighted by atomic mass is 35.5. The fraction of sp³-hybridized carbons (Fsp3) is 0.200. The quantitative estimate of drug-likeness (QED) is 0.455. The molecule has 1 heterocycles. The second kappa shape index (κ2) is 9.34. The van der Waals surface area contributed by atoms with Crippen molar-refractivity contribution in [3.8, 4) is 17.1 Å². The molecular weight excluding hydrogens is 445 g/mol. The number of nitrogens with one attached hydrogen (secondary N) is 1. The Kier molecular flexibility index (Phi) is 6.79. The highest BCUT2D eigenvalue weighted by molar-refractivity contribution is 6.42. The molecule has 1 aromatic heterocycles. The molecule has 0 saturated carbocycles.